The number of methoxy groups -OCH3 is 2. The molecule has 150 valence electrons. The van der Waals surface area contributed by atoms with Crippen molar-refractivity contribution < 1.29 is 23.5 Å². The van der Waals surface area contributed by atoms with Crippen LogP contribution in [0, 0.1) is 6.92 Å². The van der Waals surface area contributed by atoms with Crippen molar-refractivity contribution in [2.45, 2.75) is 6.92 Å². The summed E-state index contributed by atoms with van der Waals surface area (Å²) >= 11 is 6.14. The van der Waals surface area contributed by atoms with Crippen molar-refractivity contribution in [1.29, 1.82) is 0 Å². The Hall–Kier alpha value is -3.45. The highest BCUT2D eigenvalue weighted by Crippen LogP contribution is 2.36. The number of hydrogen-bond acceptors (Lipinski definition) is 5. The number of fused-ring (bicyclic) bond motifs is 1. The monoisotopic (exact) mass is 414 g/mol. The van der Waals surface area contributed by atoms with E-state index in [4.69, 9.17) is 25.5 Å². The van der Waals surface area contributed by atoms with Gasteiger partial charge in [-0.05, 0) is 36.8 Å². The molecule has 2 N–H and O–H groups in total. The molecular weight excluding hydrogens is 396 g/mol. The van der Waals surface area contributed by atoms with E-state index in [1.165, 1.54) is 26.4 Å². The molecule has 0 spiro atoms. The van der Waals surface area contributed by atoms with Gasteiger partial charge in [0.05, 0.1) is 19.2 Å². The molecule has 0 aliphatic carbocycles. The summed E-state index contributed by atoms with van der Waals surface area (Å²) in [5.74, 6) is -0.0901. The minimum atomic E-state index is -0.547. The third kappa shape index (κ3) is 4.35. The first-order chi connectivity index (χ1) is 13.9. The molecule has 0 saturated heterocycles. The molecule has 0 unspecified atom stereocenters. The van der Waals surface area contributed by atoms with E-state index in [0.717, 1.165) is 5.39 Å². The summed E-state index contributed by atoms with van der Waals surface area (Å²) in [5, 5.41) is 1.19. The maximum Gasteiger partial charge on any atom is 0.305 e. The molecule has 2 aromatic carbocycles. The van der Waals surface area contributed by atoms with Crippen LogP contribution >= 0.6 is 11.6 Å². The van der Waals surface area contributed by atoms with Crippen LogP contribution < -0.4 is 20.3 Å². The highest BCUT2D eigenvalue weighted by Gasteiger charge is 2.17. The Bertz CT molecular complexity index is 1100. The van der Waals surface area contributed by atoms with Crippen molar-refractivity contribution in [2.24, 2.45) is 0 Å². The highest BCUT2D eigenvalue weighted by atomic mass is 35.5. The van der Waals surface area contributed by atoms with Crippen LogP contribution in [0.25, 0.3) is 17.0 Å². The zero-order valence-electron chi connectivity index (χ0n) is 16.0. The third-order valence-electron chi connectivity index (χ3n) is 4.23. The summed E-state index contributed by atoms with van der Waals surface area (Å²) in [6.07, 6.45) is 2.78. The largest absolute Gasteiger partial charge is 0.493 e. The molecule has 1 aromatic heterocycles. The minimum Gasteiger partial charge on any atom is -0.493 e. The van der Waals surface area contributed by atoms with Gasteiger partial charge in [-0.2, -0.15) is 0 Å². The lowest BCUT2D eigenvalue weighted by Gasteiger charge is -2.10. The summed E-state index contributed by atoms with van der Waals surface area (Å²) in [5.41, 5.74) is 6.58. The van der Waals surface area contributed by atoms with Gasteiger partial charge in [-0.15, -0.1) is 0 Å². The zero-order chi connectivity index (χ0) is 21.0. The van der Waals surface area contributed by atoms with Crippen LogP contribution in [0.3, 0.4) is 0 Å². The van der Waals surface area contributed by atoms with Crippen molar-refractivity contribution in [2.75, 3.05) is 14.2 Å². The van der Waals surface area contributed by atoms with E-state index in [-0.39, 0.29) is 5.76 Å². The fraction of sp³-hybridized carbons (Fsp3) is 0.143. The molecule has 29 heavy (non-hydrogen) atoms. The SMILES string of the molecule is COc1cc(/C=C/C(=O)NNC(=O)c2oc3ccccc3c2C)cc(Cl)c1OC. The summed E-state index contributed by atoms with van der Waals surface area (Å²) in [6, 6.07) is 10.6. The van der Waals surface area contributed by atoms with Gasteiger partial charge in [-0.1, -0.05) is 29.8 Å². The number of carbonyl (C=O) groups is 2. The maximum absolute atomic E-state index is 12.3. The van der Waals surface area contributed by atoms with Gasteiger partial charge in [0.2, 0.25) is 0 Å². The number of aryl methyl sites for hydroxylation is 1. The van der Waals surface area contributed by atoms with E-state index in [1.54, 1.807) is 25.1 Å². The fourth-order valence-electron chi connectivity index (χ4n) is 2.81. The van der Waals surface area contributed by atoms with Crippen molar-refractivity contribution in [3.05, 3.63) is 64.4 Å². The lowest BCUT2D eigenvalue weighted by molar-refractivity contribution is -0.117. The number of carbonyl (C=O) groups excluding carboxylic acids is 2. The molecule has 7 nitrogen and oxygen atoms in total. The Morgan fingerprint density at radius 1 is 1.10 bits per heavy atom. The minimum absolute atomic E-state index is 0.141. The molecule has 0 fully saturated rings. The van der Waals surface area contributed by atoms with E-state index in [0.29, 0.717) is 33.2 Å². The summed E-state index contributed by atoms with van der Waals surface area (Å²) < 4.78 is 15.9. The molecule has 0 aliphatic rings. The molecule has 0 aliphatic heterocycles. The molecular formula is C21H19ClN2O5. The molecule has 0 radical (unpaired) electrons. The van der Waals surface area contributed by atoms with E-state index < -0.39 is 11.8 Å². The summed E-state index contributed by atoms with van der Waals surface area (Å²) in [7, 11) is 2.98. The van der Waals surface area contributed by atoms with Gasteiger partial charge in [0.25, 0.3) is 5.91 Å². The number of hydrazine groups is 1. The van der Waals surface area contributed by atoms with Crippen molar-refractivity contribution in [3.8, 4) is 11.5 Å². The van der Waals surface area contributed by atoms with Gasteiger partial charge in [-0.3, -0.25) is 20.4 Å². The van der Waals surface area contributed by atoms with Gasteiger partial charge in [0, 0.05) is 17.0 Å². The highest BCUT2D eigenvalue weighted by molar-refractivity contribution is 6.32. The predicted molar refractivity (Wildman–Crippen MR) is 110 cm³/mol. The van der Waals surface area contributed by atoms with Crippen LogP contribution in [0.2, 0.25) is 5.02 Å². The number of para-hydroxylation sites is 1. The second-order valence-electron chi connectivity index (χ2n) is 6.07. The van der Waals surface area contributed by atoms with E-state index in [1.807, 2.05) is 18.2 Å². The standard InChI is InChI=1S/C21H19ClN2O5/c1-12-14-6-4-5-7-16(14)29-19(12)21(26)24-23-18(25)9-8-13-10-15(22)20(28-3)17(11-13)27-2/h4-11H,1-3H3,(H,23,25)(H,24,26)/b9-8+. The Morgan fingerprint density at radius 2 is 1.86 bits per heavy atom. The van der Waals surface area contributed by atoms with E-state index in [9.17, 15) is 9.59 Å². The van der Waals surface area contributed by atoms with Crippen LogP contribution in [0.4, 0.5) is 0 Å². The van der Waals surface area contributed by atoms with Gasteiger partial charge in [0.1, 0.15) is 5.58 Å². The van der Waals surface area contributed by atoms with Gasteiger partial charge in [0.15, 0.2) is 17.3 Å². The smallest absolute Gasteiger partial charge is 0.305 e. The number of halogens is 1. The number of hydrogen-bond donors (Lipinski definition) is 2. The molecule has 1 heterocycles. The quantitative estimate of drug-likeness (QED) is 0.488. The number of benzene rings is 2. The normalized spacial score (nSPS) is 10.9. The maximum atomic E-state index is 12.3. The zero-order valence-corrected chi connectivity index (χ0v) is 16.8. The van der Waals surface area contributed by atoms with Crippen molar-refractivity contribution in [1.82, 2.24) is 10.9 Å². The Labute approximate surface area is 172 Å². The van der Waals surface area contributed by atoms with Gasteiger partial charge in [-0.25, -0.2) is 0 Å². The van der Waals surface area contributed by atoms with Crippen LogP contribution in [0.15, 0.2) is 46.9 Å². The van der Waals surface area contributed by atoms with E-state index >= 15 is 0 Å². The average molecular weight is 415 g/mol. The number of rotatable bonds is 5. The second-order valence-corrected chi connectivity index (χ2v) is 6.47. The fourth-order valence-corrected chi connectivity index (χ4v) is 3.11. The first kappa shape index (κ1) is 20.3. The first-order valence-corrected chi connectivity index (χ1v) is 9.00. The third-order valence-corrected chi connectivity index (χ3v) is 4.51. The second kappa shape index (κ2) is 8.70. The number of nitrogens with one attached hydrogen (secondary N) is 2. The summed E-state index contributed by atoms with van der Waals surface area (Å²) in [6.45, 7) is 1.78. The Morgan fingerprint density at radius 3 is 2.55 bits per heavy atom. The van der Waals surface area contributed by atoms with Crippen LogP contribution in [-0.4, -0.2) is 26.0 Å². The molecule has 0 saturated carbocycles. The molecule has 2 amide bonds. The predicted octanol–water partition coefficient (Wildman–Crippen LogP) is 3.89. The van der Waals surface area contributed by atoms with Gasteiger partial charge < -0.3 is 13.9 Å². The lowest BCUT2D eigenvalue weighted by atomic mass is 10.1. The van der Waals surface area contributed by atoms with Crippen LogP contribution in [0.1, 0.15) is 21.7 Å². The molecule has 3 rings (SSSR count). The molecule has 0 bridgehead atoms. The summed E-state index contributed by atoms with van der Waals surface area (Å²) in [4.78, 5) is 24.4. The van der Waals surface area contributed by atoms with Crippen molar-refractivity contribution >= 4 is 40.5 Å². The molecule has 0 atom stereocenters. The van der Waals surface area contributed by atoms with E-state index in [2.05, 4.69) is 10.9 Å². The van der Waals surface area contributed by atoms with Crippen molar-refractivity contribution in [3.63, 3.8) is 0 Å². The number of ether oxygens (including phenoxy) is 2. The Kier molecular flexibility index (Phi) is 6.09. The van der Waals surface area contributed by atoms with Crippen LogP contribution in [0.5, 0.6) is 11.5 Å². The van der Waals surface area contributed by atoms with Crippen LogP contribution in [-0.2, 0) is 4.79 Å². The Balaban J connectivity index is 1.65. The topological polar surface area (TPSA) is 89.8 Å². The average Bonchev–Trinajstić information content (AvgIpc) is 3.06. The number of furan rings is 1. The molecule has 3 aromatic rings. The lowest BCUT2D eigenvalue weighted by Crippen LogP contribution is -2.40. The van der Waals surface area contributed by atoms with Gasteiger partial charge >= 0.3 is 5.91 Å². The number of amides is 2. The first-order valence-electron chi connectivity index (χ1n) is 8.62. The molecule has 8 heteroatoms.